The Morgan fingerprint density at radius 3 is 2.97 bits per heavy atom. The van der Waals surface area contributed by atoms with E-state index < -0.39 is 0 Å². The number of rotatable bonds is 6. The number of nitrogens with zero attached hydrogens (tertiary/aromatic N) is 6. The summed E-state index contributed by atoms with van der Waals surface area (Å²) in [6.07, 6.45) is 11.4. The molecule has 5 aromatic heterocycles. The van der Waals surface area contributed by atoms with E-state index in [2.05, 4.69) is 38.7 Å². The highest BCUT2D eigenvalue weighted by Crippen LogP contribution is 2.40. The third-order valence-electron chi connectivity index (χ3n) is 5.80. The summed E-state index contributed by atoms with van der Waals surface area (Å²) in [5.74, 6) is 0.506. The lowest BCUT2D eigenvalue weighted by Crippen LogP contribution is -2.22. The van der Waals surface area contributed by atoms with Crippen LogP contribution in [0.3, 0.4) is 0 Å². The third-order valence-corrected chi connectivity index (χ3v) is 6.04. The maximum Gasteiger partial charge on any atom is 0.254 e. The Labute approximate surface area is 188 Å². The Morgan fingerprint density at radius 1 is 1.19 bits per heavy atom. The molecule has 1 aliphatic rings. The quantitative estimate of drug-likeness (QED) is 0.432. The predicted octanol–water partition coefficient (Wildman–Crippen LogP) is 3.69. The van der Waals surface area contributed by atoms with Crippen molar-refractivity contribution in [3.05, 3.63) is 89.0 Å². The summed E-state index contributed by atoms with van der Waals surface area (Å²) in [6, 6.07) is 10.1. The highest BCUT2D eigenvalue weighted by molar-refractivity contribution is 6.30. The van der Waals surface area contributed by atoms with Crippen molar-refractivity contribution in [2.45, 2.75) is 31.8 Å². The average Bonchev–Trinajstić information content (AvgIpc) is 3.21. The molecule has 0 unspecified atom stereocenters. The molecule has 5 aromatic rings. The summed E-state index contributed by atoms with van der Waals surface area (Å²) in [6.45, 7) is 0.800. The predicted molar refractivity (Wildman–Crippen MR) is 120 cm³/mol. The van der Waals surface area contributed by atoms with E-state index in [9.17, 15) is 4.79 Å². The molecule has 32 heavy (non-hydrogen) atoms. The first-order chi connectivity index (χ1) is 15.6. The molecule has 0 spiro atoms. The van der Waals surface area contributed by atoms with Crippen LogP contribution in [-0.4, -0.2) is 34.7 Å². The maximum atomic E-state index is 12.6. The topological polar surface area (TPSA) is 81.5 Å². The van der Waals surface area contributed by atoms with E-state index in [1.165, 1.54) is 18.4 Å². The van der Waals surface area contributed by atoms with Gasteiger partial charge in [0.25, 0.3) is 5.91 Å². The van der Waals surface area contributed by atoms with Crippen molar-refractivity contribution >= 4 is 28.5 Å². The van der Waals surface area contributed by atoms with E-state index in [-0.39, 0.29) is 5.91 Å². The highest BCUT2D eigenvalue weighted by Gasteiger charge is 2.23. The van der Waals surface area contributed by atoms with Crippen LogP contribution in [0.1, 0.15) is 46.1 Å². The zero-order valence-corrected chi connectivity index (χ0v) is 17.9. The molecule has 0 saturated heterocycles. The molecule has 6 rings (SSSR count). The summed E-state index contributed by atoms with van der Waals surface area (Å²) in [5, 5.41) is 12.5. The van der Waals surface area contributed by atoms with Gasteiger partial charge in [0.2, 0.25) is 0 Å². The van der Waals surface area contributed by atoms with E-state index in [1.54, 1.807) is 29.5 Å². The summed E-state index contributed by atoms with van der Waals surface area (Å²) < 4.78 is 5.48. The molecule has 0 radical (unpaired) electrons. The van der Waals surface area contributed by atoms with Gasteiger partial charge in [0.15, 0.2) is 0 Å². The van der Waals surface area contributed by atoms with Gasteiger partial charge < -0.3 is 9.72 Å². The summed E-state index contributed by atoms with van der Waals surface area (Å²) in [4.78, 5) is 17.0. The first kappa shape index (κ1) is 19.1. The van der Waals surface area contributed by atoms with Gasteiger partial charge in [-0.05, 0) is 54.7 Å². The van der Waals surface area contributed by atoms with Crippen LogP contribution >= 0.6 is 11.6 Å². The summed E-state index contributed by atoms with van der Waals surface area (Å²) in [5.41, 5.74) is 5.48. The molecular formula is C23H20ClN7O. The number of hydrogen-bond acceptors (Lipinski definition) is 4. The number of hydrogen-bond donors (Lipinski definition) is 1. The van der Waals surface area contributed by atoms with Crippen LogP contribution in [0.25, 0.3) is 11.0 Å². The fraction of sp³-hybridized carbons (Fsp3) is 0.217. The van der Waals surface area contributed by atoms with Crippen LogP contribution in [0, 0.1) is 0 Å². The van der Waals surface area contributed by atoms with Crippen molar-refractivity contribution < 1.29 is 4.79 Å². The molecule has 9 heteroatoms. The number of pyridine rings is 2. The number of fused-ring (bicyclic) bond motifs is 2. The van der Waals surface area contributed by atoms with Crippen LogP contribution in [0.5, 0.6) is 0 Å². The number of nitrogens with one attached hydrogen (secondary N) is 1. The Hall–Kier alpha value is -3.65. The fourth-order valence-corrected chi connectivity index (χ4v) is 4.12. The zero-order chi connectivity index (χ0) is 21.7. The van der Waals surface area contributed by atoms with Gasteiger partial charge in [-0.1, -0.05) is 11.6 Å². The van der Waals surface area contributed by atoms with Crippen molar-refractivity contribution in [1.82, 2.24) is 34.1 Å². The third kappa shape index (κ3) is 3.62. The second-order valence-corrected chi connectivity index (χ2v) is 8.61. The van der Waals surface area contributed by atoms with Gasteiger partial charge in [0, 0.05) is 23.6 Å². The summed E-state index contributed by atoms with van der Waals surface area (Å²) in [7, 11) is 0. The minimum atomic E-state index is -0.205. The van der Waals surface area contributed by atoms with Crippen LogP contribution in [0.15, 0.2) is 61.4 Å². The van der Waals surface area contributed by atoms with Crippen LogP contribution in [0.4, 0.5) is 0 Å². The lowest BCUT2D eigenvalue weighted by molar-refractivity contribution is 0.0950. The first-order valence-electron chi connectivity index (χ1n) is 10.5. The highest BCUT2D eigenvalue weighted by atomic mass is 35.5. The lowest BCUT2D eigenvalue weighted by Gasteiger charge is -2.02. The van der Waals surface area contributed by atoms with E-state index >= 15 is 0 Å². The van der Waals surface area contributed by atoms with Gasteiger partial charge in [-0.3, -0.25) is 9.48 Å². The van der Waals surface area contributed by atoms with E-state index in [0.717, 1.165) is 22.4 Å². The van der Waals surface area contributed by atoms with Gasteiger partial charge in [-0.2, -0.15) is 10.2 Å². The van der Waals surface area contributed by atoms with Crippen molar-refractivity contribution in [1.29, 1.82) is 0 Å². The number of imidazole rings is 1. The molecule has 0 atom stereocenters. The van der Waals surface area contributed by atoms with Gasteiger partial charge in [-0.25, -0.2) is 9.50 Å². The minimum Gasteiger partial charge on any atom is -0.346 e. The van der Waals surface area contributed by atoms with Gasteiger partial charge in [0.1, 0.15) is 0 Å². The number of amides is 1. The normalized spacial score (nSPS) is 13.8. The molecule has 1 saturated carbocycles. The largest absolute Gasteiger partial charge is 0.346 e. The number of carbonyl (C=O) groups is 1. The zero-order valence-electron chi connectivity index (χ0n) is 17.1. The molecule has 1 aliphatic carbocycles. The molecule has 1 fully saturated rings. The number of halogens is 1. The second-order valence-electron chi connectivity index (χ2n) is 8.18. The van der Waals surface area contributed by atoms with E-state index in [0.29, 0.717) is 29.6 Å². The van der Waals surface area contributed by atoms with Crippen molar-refractivity contribution in [3.63, 3.8) is 0 Å². The monoisotopic (exact) mass is 445 g/mol. The Bertz CT molecular complexity index is 1460. The Kier molecular flexibility index (Phi) is 4.46. The average molecular weight is 446 g/mol. The minimum absolute atomic E-state index is 0.205. The molecule has 0 aliphatic heterocycles. The molecule has 0 bridgehead atoms. The fourth-order valence-electron chi connectivity index (χ4n) is 3.96. The van der Waals surface area contributed by atoms with Crippen LogP contribution in [0.2, 0.25) is 5.02 Å². The van der Waals surface area contributed by atoms with Gasteiger partial charge >= 0.3 is 0 Å². The molecule has 1 amide bonds. The van der Waals surface area contributed by atoms with Gasteiger partial charge in [0.05, 0.1) is 53.6 Å². The number of aromatic nitrogens is 6. The van der Waals surface area contributed by atoms with E-state index in [4.69, 9.17) is 11.6 Å². The molecular weight excluding hydrogens is 426 g/mol. The number of carbonyl (C=O) groups excluding carboxylic acids is 1. The lowest BCUT2D eigenvalue weighted by atomic mass is 10.1. The molecule has 0 aromatic carbocycles. The van der Waals surface area contributed by atoms with Crippen LogP contribution < -0.4 is 5.32 Å². The molecule has 1 N–H and O–H groups in total. The smallest absolute Gasteiger partial charge is 0.254 e. The molecule has 160 valence electrons. The van der Waals surface area contributed by atoms with Crippen molar-refractivity contribution in [3.8, 4) is 0 Å². The Morgan fingerprint density at radius 2 is 2.09 bits per heavy atom. The first-order valence-corrected chi connectivity index (χ1v) is 10.9. The Balaban J connectivity index is 1.13. The maximum absolute atomic E-state index is 12.6. The van der Waals surface area contributed by atoms with Gasteiger partial charge in [-0.15, -0.1) is 0 Å². The second kappa shape index (κ2) is 7.49. The molecule has 8 nitrogen and oxygen atoms in total. The summed E-state index contributed by atoms with van der Waals surface area (Å²) >= 11 is 6.08. The molecule has 5 heterocycles. The van der Waals surface area contributed by atoms with Crippen molar-refractivity contribution in [2.75, 3.05) is 0 Å². The van der Waals surface area contributed by atoms with E-state index in [1.807, 2.05) is 27.4 Å². The standard InChI is InChI=1S/C23H20ClN7O/c24-18-4-5-29-14-26-21(22(29)8-18)11-25-23(32)17-10-27-30(12-17)13-19-9-20-7-16(15-1-2-15)3-6-31(20)28-19/h3-10,12,14-15H,1-2,11,13H2,(H,25,32). The van der Waals surface area contributed by atoms with Crippen molar-refractivity contribution in [2.24, 2.45) is 0 Å². The SMILES string of the molecule is O=C(NCc1ncn2ccc(Cl)cc12)c1cnn(Cc2cc3cc(C4CC4)ccn3n2)c1. The van der Waals surface area contributed by atoms with Crippen LogP contribution in [-0.2, 0) is 13.1 Å².